The SMILES string of the molecule is COc1ccccc1CC(C)NCc1cc(Cl)cc(Cl)c1. The molecule has 2 nitrogen and oxygen atoms in total. The van der Waals surface area contributed by atoms with E-state index in [0.717, 1.165) is 24.3 Å². The van der Waals surface area contributed by atoms with Crippen molar-refractivity contribution >= 4 is 23.2 Å². The molecule has 2 aromatic carbocycles. The number of hydrogen-bond donors (Lipinski definition) is 1. The van der Waals surface area contributed by atoms with E-state index in [9.17, 15) is 0 Å². The minimum atomic E-state index is 0.319. The van der Waals surface area contributed by atoms with Crippen LogP contribution in [0.4, 0.5) is 0 Å². The molecule has 0 saturated heterocycles. The van der Waals surface area contributed by atoms with Gasteiger partial charge in [-0.3, -0.25) is 0 Å². The molecule has 0 aliphatic rings. The van der Waals surface area contributed by atoms with Gasteiger partial charge in [-0.2, -0.15) is 0 Å². The number of rotatable bonds is 6. The van der Waals surface area contributed by atoms with Crippen molar-refractivity contribution in [3.63, 3.8) is 0 Å². The normalized spacial score (nSPS) is 12.2. The zero-order valence-corrected chi connectivity index (χ0v) is 13.7. The summed E-state index contributed by atoms with van der Waals surface area (Å²) < 4.78 is 5.38. The van der Waals surface area contributed by atoms with E-state index in [-0.39, 0.29) is 0 Å². The molecule has 0 fully saturated rings. The third-order valence-corrected chi connectivity index (χ3v) is 3.73. The Bertz CT molecular complexity index is 581. The number of para-hydroxylation sites is 1. The van der Waals surface area contributed by atoms with Crippen LogP contribution in [-0.2, 0) is 13.0 Å². The summed E-state index contributed by atoms with van der Waals surface area (Å²) in [5.74, 6) is 0.928. The molecule has 1 atom stereocenters. The molecule has 112 valence electrons. The summed E-state index contributed by atoms with van der Waals surface area (Å²) in [6, 6.07) is 14.0. The molecule has 0 radical (unpaired) electrons. The number of halogens is 2. The molecule has 0 saturated carbocycles. The summed E-state index contributed by atoms with van der Waals surface area (Å²) in [5.41, 5.74) is 2.28. The predicted molar refractivity (Wildman–Crippen MR) is 89.5 cm³/mol. The smallest absolute Gasteiger partial charge is 0.122 e. The topological polar surface area (TPSA) is 21.3 Å². The third kappa shape index (κ3) is 4.92. The Morgan fingerprint density at radius 1 is 1.10 bits per heavy atom. The molecule has 0 spiro atoms. The van der Waals surface area contributed by atoms with Gasteiger partial charge in [-0.1, -0.05) is 41.4 Å². The van der Waals surface area contributed by atoms with Gasteiger partial charge in [0.25, 0.3) is 0 Å². The van der Waals surface area contributed by atoms with Gasteiger partial charge >= 0.3 is 0 Å². The van der Waals surface area contributed by atoms with E-state index in [2.05, 4.69) is 18.3 Å². The highest BCUT2D eigenvalue weighted by Crippen LogP contribution is 2.20. The summed E-state index contributed by atoms with van der Waals surface area (Å²) >= 11 is 12.0. The maximum absolute atomic E-state index is 6.01. The summed E-state index contributed by atoms with van der Waals surface area (Å²) in [6.45, 7) is 2.88. The lowest BCUT2D eigenvalue weighted by Gasteiger charge is -2.16. The molecule has 0 amide bonds. The van der Waals surface area contributed by atoms with Gasteiger partial charge < -0.3 is 10.1 Å². The van der Waals surface area contributed by atoms with Crippen molar-refractivity contribution < 1.29 is 4.74 Å². The molecule has 2 rings (SSSR count). The molecule has 0 heterocycles. The van der Waals surface area contributed by atoms with Crippen molar-refractivity contribution in [2.75, 3.05) is 7.11 Å². The van der Waals surface area contributed by atoms with E-state index >= 15 is 0 Å². The van der Waals surface area contributed by atoms with Crippen LogP contribution in [0, 0.1) is 0 Å². The average Bonchev–Trinajstić information content (AvgIpc) is 2.45. The fourth-order valence-electron chi connectivity index (χ4n) is 2.28. The van der Waals surface area contributed by atoms with Gasteiger partial charge in [-0.05, 0) is 48.7 Å². The molecule has 0 bridgehead atoms. The predicted octanol–water partition coefficient (Wildman–Crippen LogP) is 4.72. The van der Waals surface area contributed by atoms with Crippen LogP contribution >= 0.6 is 23.2 Å². The standard InChI is InChI=1S/C17H19Cl2NO/c1-12(7-14-5-3-4-6-17(14)21-2)20-11-13-8-15(18)10-16(19)9-13/h3-6,8-10,12,20H,7,11H2,1-2H3. The fourth-order valence-corrected chi connectivity index (χ4v) is 2.85. The minimum Gasteiger partial charge on any atom is -0.496 e. The molecule has 0 aliphatic heterocycles. The van der Waals surface area contributed by atoms with Gasteiger partial charge in [0.1, 0.15) is 5.75 Å². The number of benzene rings is 2. The summed E-state index contributed by atoms with van der Waals surface area (Å²) in [5, 5.41) is 4.81. The van der Waals surface area contributed by atoms with Gasteiger partial charge in [0.15, 0.2) is 0 Å². The maximum atomic E-state index is 6.01. The highest BCUT2D eigenvalue weighted by molar-refractivity contribution is 6.34. The van der Waals surface area contributed by atoms with Gasteiger partial charge in [0, 0.05) is 22.6 Å². The first-order valence-electron chi connectivity index (χ1n) is 6.88. The largest absolute Gasteiger partial charge is 0.496 e. The Morgan fingerprint density at radius 3 is 2.43 bits per heavy atom. The molecular weight excluding hydrogens is 305 g/mol. The summed E-state index contributed by atoms with van der Waals surface area (Å²) in [7, 11) is 1.70. The highest BCUT2D eigenvalue weighted by Gasteiger charge is 2.08. The maximum Gasteiger partial charge on any atom is 0.122 e. The molecular formula is C17H19Cl2NO. The van der Waals surface area contributed by atoms with E-state index in [4.69, 9.17) is 27.9 Å². The van der Waals surface area contributed by atoms with Crippen LogP contribution in [-0.4, -0.2) is 13.2 Å². The Labute approximate surface area is 136 Å². The van der Waals surface area contributed by atoms with E-state index in [1.54, 1.807) is 13.2 Å². The Morgan fingerprint density at radius 2 is 1.76 bits per heavy atom. The quantitative estimate of drug-likeness (QED) is 0.830. The van der Waals surface area contributed by atoms with Crippen LogP contribution in [0.3, 0.4) is 0 Å². The van der Waals surface area contributed by atoms with E-state index < -0.39 is 0 Å². The van der Waals surface area contributed by atoms with Crippen LogP contribution in [0.1, 0.15) is 18.1 Å². The number of ether oxygens (including phenoxy) is 1. The Kier molecular flexibility index (Phi) is 5.92. The second-order valence-electron chi connectivity index (χ2n) is 5.08. The summed E-state index contributed by atoms with van der Waals surface area (Å²) in [6.07, 6.45) is 0.901. The van der Waals surface area contributed by atoms with Crippen molar-refractivity contribution in [3.8, 4) is 5.75 Å². The van der Waals surface area contributed by atoms with Crippen LogP contribution in [0.5, 0.6) is 5.75 Å². The lowest BCUT2D eigenvalue weighted by atomic mass is 10.1. The second kappa shape index (κ2) is 7.69. The second-order valence-corrected chi connectivity index (χ2v) is 5.95. The number of methoxy groups -OCH3 is 1. The Balaban J connectivity index is 1.94. The van der Waals surface area contributed by atoms with E-state index in [0.29, 0.717) is 16.1 Å². The zero-order chi connectivity index (χ0) is 15.2. The van der Waals surface area contributed by atoms with Crippen molar-refractivity contribution in [1.82, 2.24) is 5.32 Å². The van der Waals surface area contributed by atoms with Crippen molar-refractivity contribution in [1.29, 1.82) is 0 Å². The number of nitrogens with one attached hydrogen (secondary N) is 1. The summed E-state index contributed by atoms with van der Waals surface area (Å²) in [4.78, 5) is 0. The van der Waals surface area contributed by atoms with Gasteiger partial charge in [-0.25, -0.2) is 0 Å². The van der Waals surface area contributed by atoms with Crippen LogP contribution in [0.2, 0.25) is 10.0 Å². The molecule has 2 aromatic rings. The molecule has 0 aliphatic carbocycles. The molecule has 0 aromatic heterocycles. The fraction of sp³-hybridized carbons (Fsp3) is 0.294. The molecule has 1 unspecified atom stereocenters. The van der Waals surface area contributed by atoms with Crippen LogP contribution in [0.15, 0.2) is 42.5 Å². The van der Waals surface area contributed by atoms with Gasteiger partial charge in [0.2, 0.25) is 0 Å². The van der Waals surface area contributed by atoms with Gasteiger partial charge in [0.05, 0.1) is 7.11 Å². The van der Waals surface area contributed by atoms with E-state index in [1.807, 2.05) is 30.3 Å². The van der Waals surface area contributed by atoms with Crippen molar-refractivity contribution in [2.45, 2.75) is 25.9 Å². The van der Waals surface area contributed by atoms with Crippen molar-refractivity contribution in [3.05, 3.63) is 63.6 Å². The Hall–Kier alpha value is -1.22. The lowest BCUT2D eigenvalue weighted by Crippen LogP contribution is -2.27. The number of hydrogen-bond acceptors (Lipinski definition) is 2. The first kappa shape index (κ1) is 16.2. The van der Waals surface area contributed by atoms with E-state index in [1.165, 1.54) is 5.56 Å². The molecule has 1 N–H and O–H groups in total. The average molecular weight is 324 g/mol. The highest BCUT2D eigenvalue weighted by atomic mass is 35.5. The first-order valence-corrected chi connectivity index (χ1v) is 7.64. The van der Waals surface area contributed by atoms with Crippen LogP contribution < -0.4 is 10.1 Å². The van der Waals surface area contributed by atoms with Crippen LogP contribution in [0.25, 0.3) is 0 Å². The minimum absolute atomic E-state index is 0.319. The zero-order valence-electron chi connectivity index (χ0n) is 12.2. The molecule has 21 heavy (non-hydrogen) atoms. The first-order chi connectivity index (χ1) is 10.1. The monoisotopic (exact) mass is 323 g/mol. The molecule has 4 heteroatoms. The van der Waals surface area contributed by atoms with Crippen molar-refractivity contribution in [2.24, 2.45) is 0 Å². The lowest BCUT2D eigenvalue weighted by molar-refractivity contribution is 0.406. The third-order valence-electron chi connectivity index (χ3n) is 3.30. The van der Waals surface area contributed by atoms with Gasteiger partial charge in [-0.15, -0.1) is 0 Å².